The summed E-state index contributed by atoms with van der Waals surface area (Å²) in [4.78, 5) is 10.7. The minimum absolute atomic E-state index is 0.0149. The highest BCUT2D eigenvalue weighted by molar-refractivity contribution is 5.67. The lowest BCUT2D eigenvalue weighted by atomic mass is 10.4. The van der Waals surface area contributed by atoms with Gasteiger partial charge in [-0.05, 0) is 5.21 Å². The standard InChI is InChI=1S/C6H5N11O2/c7-2-1-3-8-9-4(5-10-14-15-11-5)6(13-17(18)19)16(3)12-2/h1,13H,(H2,7,12)(H,10,11,14,15). The second kappa shape index (κ2) is 3.83. The Morgan fingerprint density at radius 1 is 1.42 bits per heavy atom. The van der Waals surface area contributed by atoms with Gasteiger partial charge in [0.25, 0.3) is 0 Å². The Balaban J connectivity index is 2.28. The van der Waals surface area contributed by atoms with Crippen LogP contribution in [0, 0.1) is 10.1 Å². The van der Waals surface area contributed by atoms with Crippen molar-refractivity contribution in [3.05, 3.63) is 16.2 Å². The second-order valence-corrected chi connectivity index (χ2v) is 3.34. The lowest BCUT2D eigenvalue weighted by Crippen LogP contribution is -2.15. The Morgan fingerprint density at radius 2 is 2.26 bits per heavy atom. The van der Waals surface area contributed by atoms with Gasteiger partial charge in [-0.15, -0.1) is 25.5 Å². The molecule has 3 aromatic heterocycles. The van der Waals surface area contributed by atoms with E-state index in [9.17, 15) is 10.1 Å². The first-order valence-corrected chi connectivity index (χ1v) is 4.82. The fraction of sp³-hybridized carbons (Fsp3) is 0. The van der Waals surface area contributed by atoms with Crippen molar-refractivity contribution in [2.45, 2.75) is 0 Å². The summed E-state index contributed by atoms with van der Waals surface area (Å²) < 4.78 is 1.14. The summed E-state index contributed by atoms with van der Waals surface area (Å²) >= 11 is 0. The number of rotatable bonds is 3. The van der Waals surface area contributed by atoms with Crippen molar-refractivity contribution in [1.29, 1.82) is 0 Å². The van der Waals surface area contributed by atoms with Gasteiger partial charge in [-0.3, -0.25) is 0 Å². The van der Waals surface area contributed by atoms with E-state index in [1.54, 1.807) is 0 Å². The number of tetrazole rings is 1. The number of nitrogens with one attached hydrogen (secondary N) is 2. The molecular weight excluding hydrogens is 258 g/mol. The molecule has 0 amide bonds. The van der Waals surface area contributed by atoms with Gasteiger partial charge < -0.3 is 5.73 Å². The van der Waals surface area contributed by atoms with E-state index < -0.39 is 5.03 Å². The van der Waals surface area contributed by atoms with Gasteiger partial charge in [0.1, 0.15) is 5.82 Å². The molecule has 0 spiro atoms. The molecule has 0 atom stereocenters. The third-order valence-corrected chi connectivity index (χ3v) is 2.15. The first kappa shape index (κ1) is 10.8. The molecule has 0 saturated heterocycles. The molecule has 0 radical (unpaired) electrons. The Kier molecular flexibility index (Phi) is 2.17. The topological polar surface area (TPSA) is 179 Å². The van der Waals surface area contributed by atoms with Gasteiger partial charge in [-0.25, -0.2) is 10.1 Å². The Hall–Kier alpha value is -3.38. The molecule has 19 heavy (non-hydrogen) atoms. The summed E-state index contributed by atoms with van der Waals surface area (Å²) in [6.45, 7) is 0. The smallest absolute Gasteiger partial charge is 0.228 e. The van der Waals surface area contributed by atoms with Crippen LogP contribution in [0.1, 0.15) is 0 Å². The molecule has 0 bridgehead atoms. The van der Waals surface area contributed by atoms with Crippen LogP contribution in [-0.2, 0) is 0 Å². The first-order chi connectivity index (χ1) is 9.15. The van der Waals surface area contributed by atoms with Gasteiger partial charge in [-0.1, -0.05) is 5.43 Å². The van der Waals surface area contributed by atoms with Crippen LogP contribution in [0.15, 0.2) is 6.07 Å². The maximum atomic E-state index is 10.7. The molecule has 4 N–H and O–H groups in total. The maximum absolute atomic E-state index is 10.7. The van der Waals surface area contributed by atoms with E-state index in [0.29, 0.717) is 0 Å². The van der Waals surface area contributed by atoms with Crippen LogP contribution in [0.5, 0.6) is 0 Å². The number of fused-ring (bicyclic) bond motifs is 1. The lowest BCUT2D eigenvalue weighted by Gasteiger charge is -2.03. The van der Waals surface area contributed by atoms with Gasteiger partial charge >= 0.3 is 0 Å². The minimum Gasteiger partial charge on any atom is -0.382 e. The number of nitrogens with two attached hydrogens (primary N) is 1. The van der Waals surface area contributed by atoms with Gasteiger partial charge in [-0.2, -0.15) is 9.73 Å². The van der Waals surface area contributed by atoms with Gasteiger partial charge in [0.15, 0.2) is 16.4 Å². The molecule has 0 saturated carbocycles. The van der Waals surface area contributed by atoms with E-state index in [-0.39, 0.29) is 28.8 Å². The van der Waals surface area contributed by atoms with Crippen LogP contribution in [-0.4, -0.2) is 45.5 Å². The number of hydrazine groups is 1. The number of nitrogens with zero attached hydrogens (tertiary/aromatic N) is 8. The van der Waals surface area contributed by atoms with Crippen molar-refractivity contribution in [3.8, 4) is 11.5 Å². The van der Waals surface area contributed by atoms with Crippen molar-refractivity contribution in [2.24, 2.45) is 0 Å². The molecule has 13 heteroatoms. The molecule has 3 aromatic rings. The average molecular weight is 263 g/mol. The van der Waals surface area contributed by atoms with E-state index in [1.807, 2.05) is 5.43 Å². The predicted octanol–water partition coefficient (Wildman–Crippen LogP) is -1.51. The second-order valence-electron chi connectivity index (χ2n) is 3.34. The zero-order valence-corrected chi connectivity index (χ0v) is 9.05. The van der Waals surface area contributed by atoms with E-state index in [1.165, 1.54) is 6.07 Å². The first-order valence-electron chi connectivity index (χ1n) is 4.82. The van der Waals surface area contributed by atoms with Crippen molar-refractivity contribution in [2.75, 3.05) is 11.2 Å². The summed E-state index contributed by atoms with van der Waals surface area (Å²) in [6, 6.07) is 1.41. The zero-order valence-electron chi connectivity index (χ0n) is 9.05. The molecule has 3 rings (SSSR count). The van der Waals surface area contributed by atoms with Crippen molar-refractivity contribution < 1.29 is 5.03 Å². The van der Waals surface area contributed by atoms with Crippen molar-refractivity contribution in [1.82, 2.24) is 40.4 Å². The van der Waals surface area contributed by atoms with Crippen molar-refractivity contribution in [3.63, 3.8) is 0 Å². The Morgan fingerprint density at radius 3 is 2.95 bits per heavy atom. The van der Waals surface area contributed by atoms with Crippen molar-refractivity contribution >= 4 is 17.3 Å². The third-order valence-electron chi connectivity index (χ3n) is 2.15. The minimum atomic E-state index is -0.766. The molecule has 0 unspecified atom stereocenters. The summed E-state index contributed by atoms with van der Waals surface area (Å²) in [5.74, 6) is 0.104. The van der Waals surface area contributed by atoms with Crippen LogP contribution in [0.2, 0.25) is 0 Å². The van der Waals surface area contributed by atoms with Gasteiger partial charge in [0.2, 0.25) is 11.6 Å². The zero-order chi connectivity index (χ0) is 13.4. The Labute approximate surface area is 102 Å². The SMILES string of the molecule is Nc1cc2nnc(-c3nn[nH]n3)c(N[N+](=O)[O-])n2n1. The molecule has 13 nitrogen and oxygen atoms in total. The number of anilines is 2. The molecule has 0 aromatic carbocycles. The summed E-state index contributed by atoms with van der Waals surface area (Å²) in [7, 11) is 0. The number of H-pyrrole nitrogens is 1. The number of hydrogen-bond donors (Lipinski definition) is 3. The van der Waals surface area contributed by atoms with E-state index in [4.69, 9.17) is 5.73 Å². The van der Waals surface area contributed by atoms with E-state index in [0.717, 1.165) is 4.52 Å². The highest BCUT2D eigenvalue weighted by Gasteiger charge is 2.20. The molecular formula is C6H5N11O2. The van der Waals surface area contributed by atoms with Crippen LogP contribution >= 0.6 is 0 Å². The highest BCUT2D eigenvalue weighted by atomic mass is 16.7. The molecule has 3 heterocycles. The number of hydrogen-bond acceptors (Lipinski definition) is 9. The molecule has 0 aliphatic heterocycles. The van der Waals surface area contributed by atoms with Crippen LogP contribution in [0.4, 0.5) is 11.6 Å². The predicted molar refractivity (Wildman–Crippen MR) is 59.0 cm³/mol. The van der Waals surface area contributed by atoms with E-state index >= 15 is 0 Å². The molecule has 0 fully saturated rings. The number of nitrogen functional groups attached to an aromatic ring is 1. The maximum Gasteiger partial charge on any atom is 0.228 e. The van der Waals surface area contributed by atoms with Crippen LogP contribution in [0.3, 0.4) is 0 Å². The highest BCUT2D eigenvalue weighted by Crippen LogP contribution is 2.22. The van der Waals surface area contributed by atoms with Gasteiger partial charge in [0, 0.05) is 6.07 Å². The summed E-state index contributed by atoms with van der Waals surface area (Å²) in [5.41, 5.74) is 7.73. The number of aromatic amines is 1. The van der Waals surface area contributed by atoms with Gasteiger partial charge in [0.05, 0.1) is 0 Å². The molecule has 0 aliphatic rings. The summed E-state index contributed by atoms with van der Waals surface area (Å²) in [6.07, 6.45) is 0. The quantitative estimate of drug-likeness (QED) is 0.371. The number of nitro groups is 1. The third kappa shape index (κ3) is 1.74. The Bertz CT molecular complexity index is 746. The normalized spacial score (nSPS) is 10.7. The van der Waals surface area contributed by atoms with Crippen LogP contribution in [0.25, 0.3) is 17.2 Å². The monoisotopic (exact) mass is 263 g/mol. The molecule has 0 aliphatic carbocycles. The largest absolute Gasteiger partial charge is 0.382 e. The number of aromatic nitrogens is 8. The summed E-state index contributed by atoms with van der Waals surface area (Å²) in [5, 5.41) is 34.3. The average Bonchev–Trinajstić information content (AvgIpc) is 2.96. The fourth-order valence-corrected chi connectivity index (χ4v) is 1.47. The lowest BCUT2D eigenvalue weighted by molar-refractivity contribution is -0.445. The van der Waals surface area contributed by atoms with Crippen LogP contribution < -0.4 is 11.2 Å². The van der Waals surface area contributed by atoms with E-state index in [2.05, 4.69) is 35.9 Å². The fourth-order valence-electron chi connectivity index (χ4n) is 1.47. The molecule has 96 valence electrons.